The molecule has 0 aliphatic carbocycles. The van der Waals surface area contributed by atoms with E-state index in [1.807, 2.05) is 38.1 Å². The van der Waals surface area contributed by atoms with Gasteiger partial charge >= 0.3 is 0 Å². The molecule has 22 heavy (non-hydrogen) atoms. The van der Waals surface area contributed by atoms with Gasteiger partial charge in [0.25, 0.3) is 0 Å². The number of amides is 2. The molecule has 5 heteroatoms. The molecule has 0 unspecified atom stereocenters. The molecular formula is C17H27N3O2. The second-order valence-electron chi connectivity index (χ2n) is 5.78. The van der Waals surface area contributed by atoms with Crippen LogP contribution in [0.2, 0.25) is 0 Å². The zero-order valence-electron chi connectivity index (χ0n) is 14.1. The summed E-state index contributed by atoms with van der Waals surface area (Å²) >= 11 is 0. The number of rotatable bonds is 7. The van der Waals surface area contributed by atoms with Crippen LogP contribution in [0.3, 0.4) is 0 Å². The molecule has 2 atom stereocenters. The quantitative estimate of drug-likeness (QED) is 0.721. The molecular weight excluding hydrogens is 278 g/mol. The van der Waals surface area contributed by atoms with E-state index in [0.29, 0.717) is 0 Å². The summed E-state index contributed by atoms with van der Waals surface area (Å²) in [6.45, 7) is 7.68. The van der Waals surface area contributed by atoms with Gasteiger partial charge in [-0.05, 0) is 44.0 Å². The van der Waals surface area contributed by atoms with Gasteiger partial charge < -0.3 is 16.0 Å². The van der Waals surface area contributed by atoms with Crippen molar-refractivity contribution in [1.82, 2.24) is 10.6 Å². The number of carbonyl (C=O) groups is 2. The lowest BCUT2D eigenvalue weighted by molar-refractivity contribution is -0.128. The average Bonchev–Trinajstić information content (AvgIpc) is 2.48. The summed E-state index contributed by atoms with van der Waals surface area (Å²) in [6, 6.07) is 6.81. The van der Waals surface area contributed by atoms with E-state index in [1.165, 1.54) is 5.56 Å². The lowest BCUT2D eigenvalue weighted by Gasteiger charge is -2.22. The SMILES string of the molecule is CCc1ccc(NC(=O)[C@H](C)NC(=O)[C@@H](NC)C(C)C)cc1. The van der Waals surface area contributed by atoms with E-state index in [2.05, 4.69) is 22.9 Å². The van der Waals surface area contributed by atoms with E-state index >= 15 is 0 Å². The number of aryl methyl sites for hydroxylation is 1. The van der Waals surface area contributed by atoms with Crippen molar-refractivity contribution < 1.29 is 9.59 Å². The first-order valence-electron chi connectivity index (χ1n) is 7.76. The molecule has 0 radical (unpaired) electrons. The van der Waals surface area contributed by atoms with Gasteiger partial charge in [-0.2, -0.15) is 0 Å². The summed E-state index contributed by atoms with van der Waals surface area (Å²) in [7, 11) is 1.74. The summed E-state index contributed by atoms with van der Waals surface area (Å²) in [5, 5.41) is 8.52. The number of hydrogen-bond acceptors (Lipinski definition) is 3. The van der Waals surface area contributed by atoms with Crippen LogP contribution in [0.25, 0.3) is 0 Å². The van der Waals surface area contributed by atoms with Gasteiger partial charge in [0.1, 0.15) is 6.04 Å². The van der Waals surface area contributed by atoms with E-state index in [0.717, 1.165) is 12.1 Å². The Morgan fingerprint density at radius 3 is 2.09 bits per heavy atom. The highest BCUT2D eigenvalue weighted by atomic mass is 16.2. The first-order valence-corrected chi connectivity index (χ1v) is 7.76. The molecule has 0 fully saturated rings. The standard InChI is InChI=1S/C17H27N3O2/c1-6-13-7-9-14(10-8-13)20-16(21)12(4)19-17(22)15(18-5)11(2)3/h7-12,15,18H,6H2,1-5H3,(H,19,22)(H,20,21)/t12-,15-/m0/s1. The van der Waals surface area contributed by atoms with E-state index in [1.54, 1.807) is 14.0 Å². The number of nitrogens with one attached hydrogen (secondary N) is 3. The molecule has 5 nitrogen and oxygen atoms in total. The van der Waals surface area contributed by atoms with Gasteiger partial charge in [-0.3, -0.25) is 9.59 Å². The second kappa shape index (κ2) is 8.54. The third kappa shape index (κ3) is 5.15. The minimum absolute atomic E-state index is 0.154. The number of hydrogen-bond donors (Lipinski definition) is 3. The number of anilines is 1. The van der Waals surface area contributed by atoms with E-state index < -0.39 is 6.04 Å². The minimum atomic E-state index is -0.590. The number of likely N-dealkylation sites (N-methyl/N-ethyl adjacent to an activating group) is 1. The summed E-state index contributed by atoms with van der Waals surface area (Å²) in [4.78, 5) is 24.2. The molecule has 0 saturated carbocycles. The highest BCUT2D eigenvalue weighted by Gasteiger charge is 2.23. The van der Waals surface area contributed by atoms with Crippen LogP contribution in [0, 0.1) is 5.92 Å². The van der Waals surface area contributed by atoms with Gasteiger partial charge in [0.2, 0.25) is 11.8 Å². The van der Waals surface area contributed by atoms with Gasteiger partial charge in [0, 0.05) is 5.69 Å². The van der Waals surface area contributed by atoms with Crippen molar-refractivity contribution >= 4 is 17.5 Å². The Kier molecular flexibility index (Phi) is 7.05. The minimum Gasteiger partial charge on any atom is -0.343 e. The van der Waals surface area contributed by atoms with E-state index in [4.69, 9.17) is 0 Å². The van der Waals surface area contributed by atoms with Crippen LogP contribution in [0.15, 0.2) is 24.3 Å². The summed E-state index contributed by atoms with van der Waals surface area (Å²) in [6.07, 6.45) is 0.960. The van der Waals surface area contributed by atoms with Crippen LogP contribution < -0.4 is 16.0 Å². The number of benzene rings is 1. The van der Waals surface area contributed by atoms with Crippen LogP contribution in [-0.4, -0.2) is 30.9 Å². The van der Waals surface area contributed by atoms with Crippen LogP contribution in [0.1, 0.15) is 33.3 Å². The Balaban J connectivity index is 2.59. The Bertz CT molecular complexity index is 497. The predicted octanol–water partition coefficient (Wildman–Crippen LogP) is 1.94. The predicted molar refractivity (Wildman–Crippen MR) is 89.7 cm³/mol. The topological polar surface area (TPSA) is 70.2 Å². The summed E-state index contributed by atoms with van der Waals surface area (Å²) < 4.78 is 0. The van der Waals surface area contributed by atoms with Crippen molar-refractivity contribution in [3.05, 3.63) is 29.8 Å². The fourth-order valence-corrected chi connectivity index (χ4v) is 2.21. The Morgan fingerprint density at radius 2 is 1.64 bits per heavy atom. The fourth-order valence-electron chi connectivity index (χ4n) is 2.21. The van der Waals surface area contributed by atoms with E-state index in [-0.39, 0.29) is 23.8 Å². The van der Waals surface area contributed by atoms with Gasteiger partial charge in [0.05, 0.1) is 6.04 Å². The van der Waals surface area contributed by atoms with Crippen molar-refractivity contribution in [1.29, 1.82) is 0 Å². The first kappa shape index (κ1) is 18.2. The highest BCUT2D eigenvalue weighted by molar-refractivity contribution is 5.97. The molecule has 1 rings (SSSR count). The highest BCUT2D eigenvalue weighted by Crippen LogP contribution is 2.10. The molecule has 122 valence electrons. The van der Waals surface area contributed by atoms with Crippen molar-refractivity contribution in [2.75, 3.05) is 12.4 Å². The van der Waals surface area contributed by atoms with Crippen molar-refractivity contribution in [2.24, 2.45) is 5.92 Å². The monoisotopic (exact) mass is 305 g/mol. The molecule has 0 heterocycles. The van der Waals surface area contributed by atoms with Gasteiger partial charge in [-0.1, -0.05) is 32.9 Å². The number of carbonyl (C=O) groups excluding carboxylic acids is 2. The molecule has 1 aromatic rings. The molecule has 0 spiro atoms. The fraction of sp³-hybridized carbons (Fsp3) is 0.529. The van der Waals surface area contributed by atoms with Gasteiger partial charge in [-0.25, -0.2) is 0 Å². The van der Waals surface area contributed by atoms with Crippen LogP contribution in [-0.2, 0) is 16.0 Å². The molecule has 0 aliphatic heterocycles. The smallest absolute Gasteiger partial charge is 0.246 e. The third-order valence-corrected chi connectivity index (χ3v) is 3.64. The Labute approximate surface area is 132 Å². The van der Waals surface area contributed by atoms with E-state index in [9.17, 15) is 9.59 Å². The summed E-state index contributed by atoms with van der Waals surface area (Å²) in [5.74, 6) is -0.237. The van der Waals surface area contributed by atoms with Gasteiger partial charge in [-0.15, -0.1) is 0 Å². The van der Waals surface area contributed by atoms with Gasteiger partial charge in [0.15, 0.2) is 0 Å². The van der Waals surface area contributed by atoms with Crippen molar-refractivity contribution in [2.45, 2.75) is 46.2 Å². The zero-order chi connectivity index (χ0) is 16.7. The molecule has 0 bridgehead atoms. The maximum atomic E-state index is 12.1. The largest absolute Gasteiger partial charge is 0.343 e. The molecule has 3 N–H and O–H groups in total. The summed E-state index contributed by atoms with van der Waals surface area (Å²) in [5.41, 5.74) is 1.95. The molecule has 1 aromatic carbocycles. The van der Waals surface area contributed by atoms with Crippen LogP contribution in [0.4, 0.5) is 5.69 Å². The third-order valence-electron chi connectivity index (χ3n) is 3.64. The average molecular weight is 305 g/mol. The molecule has 0 aliphatic rings. The maximum absolute atomic E-state index is 12.1. The van der Waals surface area contributed by atoms with Crippen LogP contribution in [0.5, 0.6) is 0 Å². The second-order valence-corrected chi connectivity index (χ2v) is 5.78. The lowest BCUT2D eigenvalue weighted by Crippen LogP contribution is -2.51. The Morgan fingerprint density at radius 1 is 1.05 bits per heavy atom. The van der Waals surface area contributed by atoms with Crippen LogP contribution >= 0.6 is 0 Å². The van der Waals surface area contributed by atoms with Crippen molar-refractivity contribution in [3.8, 4) is 0 Å². The lowest BCUT2D eigenvalue weighted by atomic mass is 10.0. The zero-order valence-corrected chi connectivity index (χ0v) is 14.1. The maximum Gasteiger partial charge on any atom is 0.246 e. The normalized spacial score (nSPS) is 13.5. The molecule has 0 saturated heterocycles. The molecule has 2 amide bonds. The Hall–Kier alpha value is -1.88. The van der Waals surface area contributed by atoms with Crippen molar-refractivity contribution in [3.63, 3.8) is 0 Å². The first-order chi connectivity index (χ1) is 10.4. The molecule has 0 aromatic heterocycles.